The summed E-state index contributed by atoms with van der Waals surface area (Å²) in [7, 11) is 0. The van der Waals surface area contributed by atoms with Crippen molar-refractivity contribution in [3.63, 3.8) is 0 Å². The third kappa shape index (κ3) is 2.58. The van der Waals surface area contributed by atoms with E-state index in [9.17, 15) is 0 Å². The second kappa shape index (κ2) is 5.94. The maximum atomic E-state index is 5.98. The molecule has 106 valence electrons. The van der Waals surface area contributed by atoms with Crippen LogP contribution in [0.2, 0.25) is 0 Å². The normalized spacial score (nSPS) is 24.1. The van der Waals surface area contributed by atoms with Crippen LogP contribution in [0.25, 0.3) is 10.8 Å². The van der Waals surface area contributed by atoms with E-state index in [1.807, 2.05) is 0 Å². The van der Waals surface area contributed by atoms with Gasteiger partial charge in [0.15, 0.2) is 0 Å². The van der Waals surface area contributed by atoms with Crippen molar-refractivity contribution in [1.82, 2.24) is 5.32 Å². The molecule has 0 aromatic heterocycles. The van der Waals surface area contributed by atoms with Crippen LogP contribution in [-0.2, 0) is 4.74 Å². The topological polar surface area (TPSA) is 21.3 Å². The molecule has 1 heterocycles. The summed E-state index contributed by atoms with van der Waals surface area (Å²) in [6.07, 6.45) is 1.45. The molecule has 3 rings (SSSR count). The summed E-state index contributed by atoms with van der Waals surface area (Å²) in [5.74, 6) is 0.616. The van der Waals surface area contributed by atoms with Crippen LogP contribution in [0.5, 0.6) is 0 Å². The van der Waals surface area contributed by atoms with E-state index >= 15 is 0 Å². The maximum absolute atomic E-state index is 5.98. The van der Waals surface area contributed by atoms with Crippen molar-refractivity contribution in [3.8, 4) is 0 Å². The van der Waals surface area contributed by atoms with Crippen LogP contribution in [0.1, 0.15) is 31.9 Å². The van der Waals surface area contributed by atoms with Gasteiger partial charge in [-0.25, -0.2) is 0 Å². The predicted molar refractivity (Wildman–Crippen MR) is 83.9 cm³/mol. The molecule has 1 saturated heterocycles. The molecule has 0 saturated carbocycles. The van der Waals surface area contributed by atoms with E-state index in [0.29, 0.717) is 12.0 Å². The summed E-state index contributed by atoms with van der Waals surface area (Å²) in [4.78, 5) is 0. The molecule has 0 aliphatic carbocycles. The molecule has 0 bridgehead atoms. The number of hydrogen-bond acceptors (Lipinski definition) is 2. The molecule has 1 aliphatic heterocycles. The van der Waals surface area contributed by atoms with Crippen molar-refractivity contribution in [2.45, 2.75) is 32.4 Å². The van der Waals surface area contributed by atoms with E-state index < -0.39 is 0 Å². The summed E-state index contributed by atoms with van der Waals surface area (Å²) in [5, 5.41) is 6.21. The Morgan fingerprint density at radius 2 is 2.00 bits per heavy atom. The van der Waals surface area contributed by atoms with Crippen LogP contribution in [0.4, 0.5) is 0 Å². The molecule has 2 heteroatoms. The minimum Gasteiger partial charge on any atom is -0.376 e. The summed E-state index contributed by atoms with van der Waals surface area (Å²) >= 11 is 0. The Kier molecular flexibility index (Phi) is 4.04. The van der Waals surface area contributed by atoms with Gasteiger partial charge < -0.3 is 10.1 Å². The highest BCUT2D eigenvalue weighted by Gasteiger charge is 2.32. The van der Waals surface area contributed by atoms with E-state index in [1.165, 1.54) is 22.8 Å². The van der Waals surface area contributed by atoms with Crippen molar-refractivity contribution in [3.05, 3.63) is 48.0 Å². The number of rotatable bonds is 4. The van der Waals surface area contributed by atoms with Gasteiger partial charge in [0.25, 0.3) is 0 Å². The average Bonchev–Trinajstić information content (AvgIpc) is 2.90. The fourth-order valence-corrected chi connectivity index (χ4v) is 3.19. The molecule has 0 amide bonds. The lowest BCUT2D eigenvalue weighted by Crippen LogP contribution is -2.34. The number of benzene rings is 2. The van der Waals surface area contributed by atoms with Crippen LogP contribution < -0.4 is 5.32 Å². The summed E-state index contributed by atoms with van der Waals surface area (Å²) in [6.45, 7) is 6.31. The molecule has 3 atom stereocenters. The lowest BCUT2D eigenvalue weighted by Gasteiger charge is -2.27. The number of nitrogens with one attached hydrogen (secondary N) is 1. The van der Waals surface area contributed by atoms with Gasteiger partial charge in [-0.15, -0.1) is 0 Å². The van der Waals surface area contributed by atoms with E-state index in [0.717, 1.165) is 13.2 Å². The largest absolute Gasteiger partial charge is 0.376 e. The zero-order valence-corrected chi connectivity index (χ0v) is 12.3. The van der Waals surface area contributed by atoms with Crippen LogP contribution in [0.15, 0.2) is 42.5 Å². The number of fused-ring (bicyclic) bond motifs is 1. The van der Waals surface area contributed by atoms with Gasteiger partial charge in [0.1, 0.15) is 0 Å². The van der Waals surface area contributed by atoms with Gasteiger partial charge in [-0.3, -0.25) is 0 Å². The summed E-state index contributed by atoms with van der Waals surface area (Å²) in [6, 6.07) is 15.6. The first kappa shape index (κ1) is 13.6. The van der Waals surface area contributed by atoms with Gasteiger partial charge in [-0.1, -0.05) is 50.2 Å². The van der Waals surface area contributed by atoms with Gasteiger partial charge in [0.05, 0.1) is 12.1 Å². The second-order valence-electron chi connectivity index (χ2n) is 5.74. The van der Waals surface area contributed by atoms with E-state index in [-0.39, 0.29) is 6.10 Å². The van der Waals surface area contributed by atoms with Gasteiger partial charge >= 0.3 is 0 Å². The molecule has 3 unspecified atom stereocenters. The molecule has 1 N–H and O–H groups in total. The summed E-state index contributed by atoms with van der Waals surface area (Å²) < 4.78 is 5.98. The quantitative estimate of drug-likeness (QED) is 0.908. The molecular weight excluding hydrogens is 246 g/mol. The predicted octanol–water partition coefficient (Wildman–Crippen LogP) is 3.92. The van der Waals surface area contributed by atoms with Gasteiger partial charge in [-0.05, 0) is 41.3 Å². The van der Waals surface area contributed by atoms with Crippen molar-refractivity contribution in [1.29, 1.82) is 0 Å². The fraction of sp³-hybridized carbons (Fsp3) is 0.444. The lowest BCUT2D eigenvalue weighted by molar-refractivity contribution is 0.0612. The summed E-state index contributed by atoms with van der Waals surface area (Å²) in [5.41, 5.74) is 1.34. The zero-order valence-electron chi connectivity index (χ0n) is 12.3. The lowest BCUT2D eigenvalue weighted by atomic mass is 9.91. The van der Waals surface area contributed by atoms with E-state index in [2.05, 4.69) is 61.6 Å². The van der Waals surface area contributed by atoms with Gasteiger partial charge in [0.2, 0.25) is 0 Å². The van der Waals surface area contributed by atoms with Crippen LogP contribution in [0.3, 0.4) is 0 Å². The van der Waals surface area contributed by atoms with Gasteiger partial charge in [-0.2, -0.15) is 0 Å². The van der Waals surface area contributed by atoms with Gasteiger partial charge in [0, 0.05) is 6.61 Å². The highest BCUT2D eigenvalue weighted by atomic mass is 16.5. The Bertz CT molecular complexity index is 580. The molecule has 2 aromatic carbocycles. The molecule has 1 fully saturated rings. The minimum atomic E-state index is 0.288. The van der Waals surface area contributed by atoms with E-state index in [4.69, 9.17) is 4.74 Å². The second-order valence-corrected chi connectivity index (χ2v) is 5.74. The third-order valence-corrected chi connectivity index (χ3v) is 4.33. The Balaban J connectivity index is 1.96. The molecule has 1 aliphatic rings. The third-order valence-electron chi connectivity index (χ3n) is 4.33. The number of hydrogen-bond donors (Lipinski definition) is 1. The maximum Gasteiger partial charge on any atom is 0.0795 e. The molecule has 0 spiro atoms. The minimum absolute atomic E-state index is 0.288. The Morgan fingerprint density at radius 1 is 1.20 bits per heavy atom. The number of ether oxygens (including phenoxy) is 1. The van der Waals surface area contributed by atoms with Crippen LogP contribution >= 0.6 is 0 Å². The Hall–Kier alpha value is -1.38. The molecule has 20 heavy (non-hydrogen) atoms. The SMILES string of the molecule is CCNC(c1ccc2ccccc2c1)C1OCCC1C. The van der Waals surface area contributed by atoms with Crippen molar-refractivity contribution in [2.24, 2.45) is 5.92 Å². The monoisotopic (exact) mass is 269 g/mol. The van der Waals surface area contributed by atoms with Crippen molar-refractivity contribution < 1.29 is 4.74 Å². The Labute approximate surface area is 121 Å². The number of likely N-dealkylation sites (N-methyl/N-ethyl adjacent to an activating group) is 1. The first-order valence-electron chi connectivity index (χ1n) is 7.63. The Morgan fingerprint density at radius 3 is 2.70 bits per heavy atom. The van der Waals surface area contributed by atoms with Crippen molar-refractivity contribution in [2.75, 3.05) is 13.2 Å². The molecular formula is C18H23NO. The zero-order chi connectivity index (χ0) is 13.9. The first-order chi connectivity index (χ1) is 9.79. The van der Waals surface area contributed by atoms with E-state index in [1.54, 1.807) is 0 Å². The molecule has 2 aromatic rings. The first-order valence-corrected chi connectivity index (χ1v) is 7.63. The highest BCUT2D eigenvalue weighted by molar-refractivity contribution is 5.83. The van der Waals surface area contributed by atoms with Crippen LogP contribution in [0, 0.1) is 5.92 Å². The fourth-order valence-electron chi connectivity index (χ4n) is 3.19. The average molecular weight is 269 g/mol. The molecule has 0 radical (unpaired) electrons. The van der Waals surface area contributed by atoms with Crippen molar-refractivity contribution >= 4 is 10.8 Å². The highest BCUT2D eigenvalue weighted by Crippen LogP contribution is 2.32. The van der Waals surface area contributed by atoms with Crippen LogP contribution in [-0.4, -0.2) is 19.3 Å². The smallest absolute Gasteiger partial charge is 0.0795 e. The standard InChI is InChI=1S/C18H23NO/c1-3-19-17(18-13(2)10-11-20-18)16-9-8-14-6-4-5-7-15(14)12-16/h4-9,12-13,17-19H,3,10-11H2,1-2H3. The molecule has 2 nitrogen and oxygen atoms in total.